The fourth-order valence-corrected chi connectivity index (χ4v) is 21.3. The molecule has 1 nitrogen and oxygen atoms in total. The number of halogens is 11. The van der Waals surface area contributed by atoms with Crippen molar-refractivity contribution in [2.45, 2.75) is 89.6 Å². The van der Waals surface area contributed by atoms with Crippen LogP contribution in [0.2, 0.25) is 5.02 Å². The van der Waals surface area contributed by atoms with Crippen molar-refractivity contribution in [3.05, 3.63) is 566 Å². The van der Waals surface area contributed by atoms with E-state index in [-0.39, 0.29) is 35.2 Å². The van der Waals surface area contributed by atoms with Gasteiger partial charge in [0.1, 0.15) is 23.3 Å². The Morgan fingerprint density at radius 2 is 0.787 bits per heavy atom. The van der Waals surface area contributed by atoms with E-state index in [4.69, 9.17) is 16.3 Å². The molecule has 2 atom stereocenters. The fraction of sp³-hybridized carbons (Fsp3) is 0.116. The van der Waals surface area contributed by atoms with E-state index in [0.717, 1.165) is 177 Å². The molecule has 0 N–H and O–H groups in total. The van der Waals surface area contributed by atoms with Gasteiger partial charge in [0.25, 0.3) is 0 Å². The molecule has 742 valence electrons. The lowest BCUT2D eigenvalue weighted by atomic mass is 9.48. The van der Waals surface area contributed by atoms with Crippen LogP contribution < -0.4 is 0 Å². The zero-order chi connectivity index (χ0) is 104. The van der Waals surface area contributed by atoms with Crippen LogP contribution in [0.5, 0.6) is 0 Å². The Morgan fingerprint density at radius 1 is 0.353 bits per heavy atom. The van der Waals surface area contributed by atoms with E-state index in [1.54, 1.807) is 37.4 Å². The van der Waals surface area contributed by atoms with Crippen LogP contribution in [-0.4, -0.2) is 7.11 Å². The molecule has 0 radical (unpaired) electrons. The maximum atomic E-state index is 16.7. The van der Waals surface area contributed by atoms with Crippen molar-refractivity contribution in [1.29, 1.82) is 0 Å². The number of rotatable bonds is 32. The van der Waals surface area contributed by atoms with Crippen molar-refractivity contribution < 1.29 is 48.6 Å². The maximum Gasteiger partial charge on any atom is 0.416 e. The lowest BCUT2D eigenvalue weighted by molar-refractivity contribution is -0.143. The zero-order valence-corrected chi connectivity index (χ0v) is 84.1. The molecular formula is C138H107ClF10O. The summed E-state index contributed by atoms with van der Waals surface area (Å²) in [5, 5.41) is 0.567. The Kier molecular flexibility index (Phi) is 31.1. The Bertz CT molecular complexity index is 8030. The molecule has 18 aromatic carbocycles. The van der Waals surface area contributed by atoms with Crippen LogP contribution in [0.25, 0.3) is 153 Å². The van der Waals surface area contributed by atoms with Gasteiger partial charge in [-0.05, 0) is 292 Å². The molecule has 0 saturated carbocycles. The first kappa shape index (κ1) is 102. The van der Waals surface area contributed by atoms with Crippen LogP contribution in [0.15, 0.2) is 437 Å². The van der Waals surface area contributed by atoms with E-state index in [2.05, 4.69) is 252 Å². The molecule has 0 spiro atoms. The van der Waals surface area contributed by atoms with Gasteiger partial charge in [0, 0.05) is 35.1 Å². The van der Waals surface area contributed by atoms with Crippen LogP contribution in [0.1, 0.15) is 159 Å². The van der Waals surface area contributed by atoms with Gasteiger partial charge in [-0.2, -0.15) is 26.3 Å². The molecule has 0 bridgehead atoms. The SMILES string of the molecule is C=C(c1ccc(C2=C(c3ccc(-c4cc(F)cc(F)c4)cc3)C(c3ccc(-c4ccccc4COC)cc3)(C(C)C)C(c3c(-c4ccc(/C=C/CCCCCC)cc4)c(-c4ccc(/C=C/c5cccc(F)c5)cc4)cc(-c4ccc(-c5ccccc5F)cc4)c3-c3ccc(-c4ccc(Cl)cc4)cc3)C(c3ccc(/C=C/Cc4ccccc4)cc3)=C2c2ccc(/C=C/c3ccccc3)cc2)cc1)c1cc(C(F)(F)F)cc(C(F)(F)F)c1. The summed E-state index contributed by atoms with van der Waals surface area (Å²) in [5.41, 5.74) is 21.5. The number of allylic oxidation sites excluding steroid dienone is 6. The van der Waals surface area contributed by atoms with Gasteiger partial charge >= 0.3 is 12.4 Å². The molecule has 12 heteroatoms. The van der Waals surface area contributed by atoms with Gasteiger partial charge in [0.05, 0.1) is 17.7 Å². The second-order valence-electron chi connectivity index (χ2n) is 38.5. The first-order chi connectivity index (χ1) is 72.8. The highest BCUT2D eigenvalue weighted by atomic mass is 35.5. The van der Waals surface area contributed by atoms with Crippen molar-refractivity contribution in [3.8, 4) is 89.0 Å². The van der Waals surface area contributed by atoms with Crippen molar-refractivity contribution >= 4 is 75.9 Å². The normalized spacial score (nSPS) is 14.1. The fourth-order valence-electron chi connectivity index (χ4n) is 21.1. The van der Waals surface area contributed by atoms with Gasteiger partial charge in [-0.25, -0.2) is 17.6 Å². The largest absolute Gasteiger partial charge is 0.416 e. The van der Waals surface area contributed by atoms with Crippen LogP contribution in [0.4, 0.5) is 43.9 Å². The van der Waals surface area contributed by atoms with Crippen molar-refractivity contribution in [1.82, 2.24) is 0 Å². The minimum absolute atomic E-state index is 0.113. The van der Waals surface area contributed by atoms with Gasteiger partial charge in [-0.15, -0.1) is 0 Å². The van der Waals surface area contributed by atoms with Gasteiger partial charge < -0.3 is 4.74 Å². The predicted octanol–water partition coefficient (Wildman–Crippen LogP) is 40.0. The number of hydrogen-bond donors (Lipinski definition) is 0. The third-order valence-corrected chi connectivity index (χ3v) is 28.8. The number of ether oxygens (including phenoxy) is 1. The molecule has 0 aliphatic heterocycles. The van der Waals surface area contributed by atoms with Gasteiger partial charge in [0.15, 0.2) is 0 Å². The lowest BCUT2D eigenvalue weighted by Crippen LogP contribution is -2.44. The van der Waals surface area contributed by atoms with Crippen LogP contribution in [0, 0.1) is 29.2 Å². The standard InChI is InChI=1S/C138H107ClF10O/c1-6-7-8-9-10-13-28-94-43-51-107(52-44-94)128-125(105-49-41-97(42-50-105)39-40-98-31-23-33-120(140)81-98)88-126(106-65-63-104(64-66-106)124-35-20-21-36-127(124)143)129(108-69-59-100(60-70-108)101-75-79-119(139)80-76-101)133(128)135-132(110-55-45-95(46-56-110)30-22-29-92-24-14-11-15-25-92)130(109-53-47-96(48-54-109)38-37-93-26-16-12-17-27-93)131(111-67-57-99(58-68-111)91(4)114-82-117(137(144,145)146)86-118(83-114)138(147,148)149)134(112-71-61-102(62-72-112)115-84-121(141)87-122(142)85-115)136(135,90(2)3)116-77-73-103(74-78-116)123-34-19-18-32-113(123)89-150-5/h11-28,30-88,90,135H,4,6-10,29,89H2,1-3,5H3/b28-13+,30-22+,38-37+,40-39+. The van der Waals surface area contributed by atoms with E-state index in [9.17, 15) is 0 Å². The molecule has 1 aliphatic carbocycles. The van der Waals surface area contributed by atoms with E-state index in [0.29, 0.717) is 68.1 Å². The summed E-state index contributed by atoms with van der Waals surface area (Å²) in [7, 11) is 1.67. The van der Waals surface area contributed by atoms with Gasteiger partial charge in [-0.1, -0.05) is 453 Å². The molecule has 18 aromatic rings. The number of hydrogen-bond acceptors (Lipinski definition) is 1. The smallest absolute Gasteiger partial charge is 0.380 e. The average Bonchev–Trinajstić information content (AvgIpc) is 0.673. The molecule has 0 heterocycles. The summed E-state index contributed by atoms with van der Waals surface area (Å²) in [6.45, 7) is 11.3. The molecule has 1 aliphatic rings. The quantitative estimate of drug-likeness (QED) is 0.0232. The number of benzene rings is 18. The average molecular weight is 2010 g/mol. The lowest BCUT2D eigenvalue weighted by Gasteiger charge is -2.54. The first-order valence-electron chi connectivity index (χ1n) is 50.5. The summed E-state index contributed by atoms with van der Waals surface area (Å²) in [6.07, 6.45) is 12.2. The second kappa shape index (κ2) is 45.6. The van der Waals surface area contributed by atoms with E-state index >= 15 is 43.9 Å². The van der Waals surface area contributed by atoms with E-state index in [1.807, 2.05) is 158 Å². The Balaban J connectivity index is 1.04. The highest BCUT2D eigenvalue weighted by molar-refractivity contribution is 6.30. The molecular weight excluding hydrogens is 1900 g/mol. The summed E-state index contributed by atoms with van der Waals surface area (Å²) in [4.78, 5) is 0. The van der Waals surface area contributed by atoms with Crippen molar-refractivity contribution in [3.63, 3.8) is 0 Å². The molecule has 0 fully saturated rings. The van der Waals surface area contributed by atoms with Crippen LogP contribution >= 0.6 is 11.6 Å². The summed E-state index contributed by atoms with van der Waals surface area (Å²) in [6, 6.07) is 132. The predicted molar refractivity (Wildman–Crippen MR) is 603 cm³/mol. The van der Waals surface area contributed by atoms with Crippen LogP contribution in [0.3, 0.4) is 0 Å². The third kappa shape index (κ3) is 22.7. The second-order valence-corrected chi connectivity index (χ2v) is 38.9. The van der Waals surface area contributed by atoms with Gasteiger partial charge in [-0.3, -0.25) is 0 Å². The highest BCUT2D eigenvalue weighted by Crippen LogP contribution is 2.70. The zero-order valence-electron chi connectivity index (χ0n) is 83.3. The number of unbranched alkanes of at least 4 members (excludes halogenated alkanes) is 4. The molecule has 0 saturated heterocycles. The van der Waals surface area contributed by atoms with E-state index in [1.165, 1.54) is 30.3 Å². The first-order valence-corrected chi connectivity index (χ1v) is 50.9. The van der Waals surface area contributed by atoms with E-state index < -0.39 is 63.7 Å². The molecule has 0 aromatic heterocycles. The monoisotopic (exact) mass is 2000 g/mol. The molecule has 19 rings (SSSR count). The number of methoxy groups -OCH3 is 1. The van der Waals surface area contributed by atoms with Crippen LogP contribution in [-0.2, 0) is 35.5 Å². The molecule has 0 amide bonds. The summed E-state index contributed by atoms with van der Waals surface area (Å²) in [5.74, 6) is -3.97. The summed E-state index contributed by atoms with van der Waals surface area (Å²) < 4.78 is 161. The minimum Gasteiger partial charge on any atom is -0.380 e. The van der Waals surface area contributed by atoms with Crippen molar-refractivity contribution in [2.75, 3.05) is 7.11 Å². The highest BCUT2D eigenvalue weighted by Gasteiger charge is 2.56. The van der Waals surface area contributed by atoms with Gasteiger partial charge in [0.2, 0.25) is 0 Å². The Hall–Kier alpha value is -16.3. The molecule has 150 heavy (non-hydrogen) atoms. The Morgan fingerprint density at radius 3 is 1.34 bits per heavy atom. The van der Waals surface area contributed by atoms with Crippen molar-refractivity contribution in [2.24, 2.45) is 5.92 Å². The minimum atomic E-state index is -5.18. The Labute approximate surface area is 876 Å². The topological polar surface area (TPSA) is 9.23 Å². The number of alkyl halides is 6. The maximum absolute atomic E-state index is 16.7. The third-order valence-electron chi connectivity index (χ3n) is 28.5. The molecule has 2 unspecified atom stereocenters. The summed E-state index contributed by atoms with van der Waals surface area (Å²) >= 11 is 6.75.